The molecule has 0 amide bonds. The lowest BCUT2D eigenvalue weighted by molar-refractivity contribution is 0.410. The van der Waals surface area contributed by atoms with E-state index in [1.807, 2.05) is 24.3 Å². The molecule has 0 aliphatic heterocycles. The predicted molar refractivity (Wildman–Crippen MR) is 95.1 cm³/mol. The number of halogens is 1. The smallest absolute Gasteiger partial charge is 0.149 e. The van der Waals surface area contributed by atoms with E-state index in [0.717, 1.165) is 35.7 Å². The van der Waals surface area contributed by atoms with E-state index in [0.29, 0.717) is 0 Å². The first kappa shape index (κ1) is 15.6. The maximum atomic E-state index is 13.0. The van der Waals surface area contributed by atoms with Gasteiger partial charge in [-0.3, -0.25) is 0 Å². The van der Waals surface area contributed by atoms with Gasteiger partial charge in [0.25, 0.3) is 0 Å². The van der Waals surface area contributed by atoms with Crippen molar-refractivity contribution in [2.24, 2.45) is 0 Å². The van der Waals surface area contributed by atoms with E-state index in [1.54, 1.807) is 19.2 Å². The van der Waals surface area contributed by atoms with Crippen molar-refractivity contribution >= 4 is 5.82 Å². The quantitative estimate of drug-likeness (QED) is 0.768. The summed E-state index contributed by atoms with van der Waals surface area (Å²) in [5.41, 5.74) is 4.08. The molecule has 4 nitrogen and oxygen atoms in total. The Morgan fingerprint density at radius 2 is 1.88 bits per heavy atom. The summed E-state index contributed by atoms with van der Waals surface area (Å²) in [6.07, 6.45) is 1.98. The molecule has 1 unspecified atom stereocenters. The molecule has 1 aliphatic carbocycles. The summed E-state index contributed by atoms with van der Waals surface area (Å²) in [5.74, 6) is 1.41. The Kier molecular flexibility index (Phi) is 4.06. The van der Waals surface area contributed by atoms with Crippen molar-refractivity contribution < 1.29 is 9.13 Å². The largest absolute Gasteiger partial charge is 0.496 e. The van der Waals surface area contributed by atoms with Crippen molar-refractivity contribution in [2.75, 3.05) is 12.4 Å². The van der Waals surface area contributed by atoms with Crippen LogP contribution in [0.5, 0.6) is 5.75 Å². The summed E-state index contributed by atoms with van der Waals surface area (Å²) in [6.45, 7) is 0. The Bertz CT molecular complexity index is 878. The Hall–Kier alpha value is -2.95. The van der Waals surface area contributed by atoms with Crippen LogP contribution >= 0.6 is 0 Å². The predicted octanol–water partition coefficient (Wildman–Crippen LogP) is 4.39. The van der Waals surface area contributed by atoms with E-state index < -0.39 is 0 Å². The molecular weight excluding hydrogens is 317 g/mol. The lowest BCUT2D eigenvalue weighted by Crippen LogP contribution is -2.09. The van der Waals surface area contributed by atoms with Gasteiger partial charge in [0.05, 0.1) is 18.8 Å². The molecule has 4 rings (SSSR count). The molecule has 25 heavy (non-hydrogen) atoms. The van der Waals surface area contributed by atoms with Crippen LogP contribution in [-0.4, -0.2) is 17.3 Å². The minimum atomic E-state index is -0.259. The SMILES string of the molecule is COc1cccc2c1CCC2Nc1ccc(-c2ccc(F)cc2)nn1. The number of benzene rings is 2. The van der Waals surface area contributed by atoms with Crippen molar-refractivity contribution in [1.29, 1.82) is 0 Å². The van der Waals surface area contributed by atoms with Crippen molar-refractivity contribution in [3.05, 3.63) is 71.5 Å². The van der Waals surface area contributed by atoms with Crippen LogP contribution in [0, 0.1) is 5.82 Å². The molecule has 1 aromatic heterocycles. The van der Waals surface area contributed by atoms with Crippen LogP contribution in [0.1, 0.15) is 23.6 Å². The summed E-state index contributed by atoms with van der Waals surface area (Å²) >= 11 is 0. The lowest BCUT2D eigenvalue weighted by atomic mass is 10.1. The molecule has 3 aromatic rings. The Labute approximate surface area is 145 Å². The zero-order chi connectivity index (χ0) is 17.2. The topological polar surface area (TPSA) is 47.0 Å². The van der Waals surface area contributed by atoms with Gasteiger partial charge < -0.3 is 10.1 Å². The number of fused-ring (bicyclic) bond motifs is 1. The fourth-order valence-electron chi connectivity index (χ4n) is 3.32. The summed E-state index contributed by atoms with van der Waals surface area (Å²) in [4.78, 5) is 0. The minimum absolute atomic E-state index is 0.205. The fourth-order valence-corrected chi connectivity index (χ4v) is 3.32. The highest BCUT2D eigenvalue weighted by Gasteiger charge is 2.25. The van der Waals surface area contributed by atoms with Gasteiger partial charge in [-0.15, -0.1) is 10.2 Å². The highest BCUT2D eigenvalue weighted by atomic mass is 19.1. The highest BCUT2D eigenvalue weighted by Crippen LogP contribution is 2.38. The molecule has 0 fully saturated rings. The second-order valence-electron chi connectivity index (χ2n) is 6.07. The first-order chi connectivity index (χ1) is 12.2. The third-order valence-corrected chi connectivity index (χ3v) is 4.57. The minimum Gasteiger partial charge on any atom is -0.496 e. The highest BCUT2D eigenvalue weighted by molar-refractivity contribution is 5.59. The molecule has 0 bridgehead atoms. The molecule has 0 spiro atoms. The number of methoxy groups -OCH3 is 1. The zero-order valence-electron chi connectivity index (χ0n) is 13.9. The van der Waals surface area contributed by atoms with Crippen molar-refractivity contribution in [3.8, 4) is 17.0 Å². The summed E-state index contributed by atoms with van der Waals surface area (Å²) in [7, 11) is 1.70. The van der Waals surface area contributed by atoms with E-state index in [9.17, 15) is 4.39 Å². The van der Waals surface area contributed by atoms with Gasteiger partial charge in [0.1, 0.15) is 17.4 Å². The van der Waals surface area contributed by atoms with E-state index in [1.165, 1.54) is 23.3 Å². The van der Waals surface area contributed by atoms with Gasteiger partial charge in [-0.25, -0.2) is 4.39 Å². The fraction of sp³-hybridized carbons (Fsp3) is 0.200. The van der Waals surface area contributed by atoms with Crippen LogP contribution < -0.4 is 10.1 Å². The van der Waals surface area contributed by atoms with Crippen LogP contribution in [0.25, 0.3) is 11.3 Å². The van der Waals surface area contributed by atoms with Gasteiger partial charge >= 0.3 is 0 Å². The summed E-state index contributed by atoms with van der Waals surface area (Å²) in [6, 6.07) is 16.4. The third-order valence-electron chi connectivity index (χ3n) is 4.57. The van der Waals surface area contributed by atoms with Crippen molar-refractivity contribution in [3.63, 3.8) is 0 Å². The van der Waals surface area contributed by atoms with Crippen LogP contribution in [0.15, 0.2) is 54.6 Å². The molecule has 0 saturated carbocycles. The van der Waals surface area contributed by atoms with Crippen molar-refractivity contribution in [1.82, 2.24) is 10.2 Å². The van der Waals surface area contributed by atoms with Crippen LogP contribution in [0.2, 0.25) is 0 Å². The number of aromatic nitrogens is 2. The molecular formula is C20H18FN3O. The monoisotopic (exact) mass is 335 g/mol. The van der Waals surface area contributed by atoms with Gasteiger partial charge in [0.15, 0.2) is 0 Å². The molecule has 0 saturated heterocycles. The average Bonchev–Trinajstić information content (AvgIpc) is 3.06. The number of anilines is 1. The van der Waals surface area contributed by atoms with E-state index >= 15 is 0 Å². The Balaban J connectivity index is 1.52. The maximum absolute atomic E-state index is 13.0. The molecule has 126 valence electrons. The first-order valence-electron chi connectivity index (χ1n) is 8.26. The Morgan fingerprint density at radius 1 is 1.04 bits per heavy atom. The second kappa shape index (κ2) is 6.51. The lowest BCUT2D eigenvalue weighted by Gasteiger charge is -2.15. The Morgan fingerprint density at radius 3 is 2.60 bits per heavy atom. The number of nitrogens with one attached hydrogen (secondary N) is 1. The number of nitrogens with zero attached hydrogens (tertiary/aromatic N) is 2. The number of hydrogen-bond acceptors (Lipinski definition) is 4. The molecule has 2 aromatic carbocycles. The number of ether oxygens (including phenoxy) is 1. The summed E-state index contributed by atoms with van der Waals surface area (Å²) < 4.78 is 18.5. The normalized spacial score (nSPS) is 15.7. The standard InChI is InChI=1S/C20H18FN3O/c1-25-19-4-2-3-15-16(19)9-10-18(15)22-20-12-11-17(23-24-20)13-5-7-14(21)8-6-13/h2-8,11-12,18H,9-10H2,1H3,(H,22,24). The maximum Gasteiger partial charge on any atom is 0.149 e. The number of rotatable bonds is 4. The molecule has 1 N–H and O–H groups in total. The molecule has 1 aliphatic rings. The molecule has 5 heteroatoms. The summed E-state index contributed by atoms with van der Waals surface area (Å²) in [5, 5.41) is 12.0. The second-order valence-corrected chi connectivity index (χ2v) is 6.07. The van der Waals surface area contributed by atoms with Crippen molar-refractivity contribution in [2.45, 2.75) is 18.9 Å². The third kappa shape index (κ3) is 3.05. The van der Waals surface area contributed by atoms with Crippen LogP contribution in [0.4, 0.5) is 10.2 Å². The van der Waals surface area contributed by atoms with E-state index in [4.69, 9.17) is 4.74 Å². The van der Waals surface area contributed by atoms with Gasteiger partial charge in [-0.1, -0.05) is 12.1 Å². The van der Waals surface area contributed by atoms with Crippen LogP contribution in [-0.2, 0) is 6.42 Å². The van der Waals surface area contributed by atoms with Gasteiger partial charge in [-0.2, -0.15) is 0 Å². The average molecular weight is 335 g/mol. The van der Waals surface area contributed by atoms with E-state index in [-0.39, 0.29) is 11.9 Å². The van der Waals surface area contributed by atoms with Gasteiger partial charge in [0.2, 0.25) is 0 Å². The van der Waals surface area contributed by atoms with E-state index in [2.05, 4.69) is 21.6 Å². The molecule has 1 heterocycles. The van der Waals surface area contributed by atoms with Crippen LogP contribution in [0.3, 0.4) is 0 Å². The van der Waals surface area contributed by atoms with Gasteiger partial charge in [-0.05, 0) is 66.4 Å². The number of hydrogen-bond donors (Lipinski definition) is 1. The first-order valence-corrected chi connectivity index (χ1v) is 8.26. The molecule has 1 atom stereocenters. The molecule has 0 radical (unpaired) electrons. The van der Waals surface area contributed by atoms with Gasteiger partial charge in [0, 0.05) is 5.56 Å². The zero-order valence-corrected chi connectivity index (χ0v) is 13.9.